The smallest absolute Gasteiger partial charge is 0.277 e. The van der Waals surface area contributed by atoms with Gasteiger partial charge in [-0.15, -0.1) is 21.5 Å². The van der Waals surface area contributed by atoms with Crippen LogP contribution in [-0.2, 0) is 4.79 Å². The first-order valence-corrected chi connectivity index (χ1v) is 10.3. The Morgan fingerprint density at radius 3 is 2.78 bits per heavy atom. The number of anilines is 1. The molecule has 4 aromatic rings. The van der Waals surface area contributed by atoms with E-state index >= 15 is 0 Å². The van der Waals surface area contributed by atoms with E-state index in [2.05, 4.69) is 15.5 Å². The maximum absolute atomic E-state index is 12.1. The van der Waals surface area contributed by atoms with Gasteiger partial charge < -0.3 is 9.73 Å². The molecule has 0 aliphatic carbocycles. The third kappa shape index (κ3) is 3.85. The molecule has 0 saturated carbocycles. The molecule has 0 aliphatic heterocycles. The molecule has 0 bridgehead atoms. The fraction of sp³-hybridized carbons (Fsp3) is 0.105. The van der Waals surface area contributed by atoms with Crippen LogP contribution in [0.2, 0.25) is 5.02 Å². The highest BCUT2D eigenvalue weighted by molar-refractivity contribution is 7.99. The summed E-state index contributed by atoms with van der Waals surface area (Å²) in [5.41, 5.74) is 1.81. The predicted molar refractivity (Wildman–Crippen MR) is 111 cm³/mol. The highest BCUT2D eigenvalue weighted by atomic mass is 35.5. The Labute approximate surface area is 168 Å². The van der Waals surface area contributed by atoms with Gasteiger partial charge >= 0.3 is 0 Å². The standard InChI is InChI=1S/C19H14ClN3O2S2/c1-11-6-2-4-8-13(11)21-15(24)10-26-19-23-22-18(25-19)17-16(20)12-7-3-5-9-14(12)27-17/h2-9H,10H2,1H3,(H,21,24). The minimum atomic E-state index is -0.131. The number of thiophene rings is 1. The van der Waals surface area contributed by atoms with Gasteiger partial charge in [0.2, 0.25) is 5.91 Å². The predicted octanol–water partition coefficient (Wildman–Crippen LogP) is 5.64. The monoisotopic (exact) mass is 415 g/mol. The van der Waals surface area contributed by atoms with Crippen molar-refractivity contribution in [3.8, 4) is 10.8 Å². The molecule has 27 heavy (non-hydrogen) atoms. The van der Waals surface area contributed by atoms with Gasteiger partial charge in [0, 0.05) is 15.8 Å². The van der Waals surface area contributed by atoms with Gasteiger partial charge in [-0.25, -0.2) is 0 Å². The number of thioether (sulfide) groups is 1. The summed E-state index contributed by atoms with van der Waals surface area (Å²) in [5, 5.41) is 12.9. The molecule has 0 atom stereocenters. The number of amides is 1. The molecular formula is C19H14ClN3O2S2. The van der Waals surface area contributed by atoms with Crippen molar-refractivity contribution in [1.82, 2.24) is 10.2 Å². The van der Waals surface area contributed by atoms with E-state index in [0.29, 0.717) is 16.1 Å². The highest BCUT2D eigenvalue weighted by Crippen LogP contribution is 2.41. The number of hydrogen-bond donors (Lipinski definition) is 1. The minimum absolute atomic E-state index is 0.131. The van der Waals surface area contributed by atoms with Gasteiger partial charge in [-0.3, -0.25) is 4.79 Å². The number of para-hydroxylation sites is 1. The van der Waals surface area contributed by atoms with Gasteiger partial charge in [0.1, 0.15) is 4.88 Å². The normalized spacial score (nSPS) is 11.0. The first-order valence-electron chi connectivity index (χ1n) is 8.11. The number of nitrogens with zero attached hydrogens (tertiary/aromatic N) is 2. The Morgan fingerprint density at radius 1 is 1.19 bits per heavy atom. The molecule has 136 valence electrons. The van der Waals surface area contributed by atoms with Gasteiger partial charge in [0.25, 0.3) is 11.1 Å². The fourth-order valence-electron chi connectivity index (χ4n) is 2.54. The lowest BCUT2D eigenvalue weighted by Crippen LogP contribution is -2.14. The molecule has 0 saturated heterocycles. The van der Waals surface area contributed by atoms with Crippen molar-refractivity contribution < 1.29 is 9.21 Å². The summed E-state index contributed by atoms with van der Waals surface area (Å²) in [7, 11) is 0. The van der Waals surface area contributed by atoms with E-state index in [1.807, 2.05) is 55.5 Å². The van der Waals surface area contributed by atoms with Crippen LogP contribution in [-0.4, -0.2) is 21.9 Å². The Morgan fingerprint density at radius 2 is 1.96 bits per heavy atom. The second-order valence-corrected chi connectivity index (χ2v) is 8.12. The zero-order valence-corrected chi connectivity index (χ0v) is 16.6. The summed E-state index contributed by atoms with van der Waals surface area (Å²) in [6.45, 7) is 1.95. The Hall–Kier alpha value is -2.35. The number of aromatic nitrogens is 2. The number of carbonyl (C=O) groups is 1. The zero-order valence-electron chi connectivity index (χ0n) is 14.2. The number of benzene rings is 2. The molecule has 1 N–H and O–H groups in total. The molecule has 0 aliphatic rings. The molecule has 2 aromatic carbocycles. The molecule has 0 spiro atoms. The Kier molecular flexibility index (Phi) is 5.15. The van der Waals surface area contributed by atoms with E-state index in [9.17, 15) is 4.79 Å². The Balaban J connectivity index is 1.44. The molecule has 5 nitrogen and oxygen atoms in total. The lowest BCUT2D eigenvalue weighted by Gasteiger charge is -2.06. The van der Waals surface area contributed by atoms with Crippen LogP contribution in [0.4, 0.5) is 5.69 Å². The number of fused-ring (bicyclic) bond motifs is 1. The van der Waals surface area contributed by atoms with E-state index in [1.54, 1.807) is 0 Å². The lowest BCUT2D eigenvalue weighted by atomic mass is 10.2. The first-order chi connectivity index (χ1) is 13.1. The number of rotatable bonds is 5. The van der Waals surface area contributed by atoms with Crippen LogP contribution in [0.1, 0.15) is 5.56 Å². The zero-order chi connectivity index (χ0) is 18.8. The van der Waals surface area contributed by atoms with E-state index in [-0.39, 0.29) is 11.7 Å². The maximum atomic E-state index is 12.1. The fourth-order valence-corrected chi connectivity index (χ4v) is 4.53. The largest absolute Gasteiger partial charge is 0.410 e. The molecule has 1 amide bonds. The van der Waals surface area contributed by atoms with Crippen molar-refractivity contribution in [3.63, 3.8) is 0 Å². The molecule has 2 heterocycles. The number of hydrogen-bond acceptors (Lipinski definition) is 6. The quantitative estimate of drug-likeness (QED) is 0.427. The molecule has 0 unspecified atom stereocenters. The molecular weight excluding hydrogens is 402 g/mol. The molecule has 0 radical (unpaired) electrons. The summed E-state index contributed by atoms with van der Waals surface area (Å²) >= 11 is 9.14. The second-order valence-electron chi connectivity index (χ2n) is 5.77. The van der Waals surface area contributed by atoms with Crippen LogP contribution < -0.4 is 5.32 Å². The summed E-state index contributed by atoms with van der Waals surface area (Å²) in [4.78, 5) is 12.9. The molecule has 0 fully saturated rings. The van der Waals surface area contributed by atoms with Gasteiger partial charge in [0.05, 0.1) is 10.8 Å². The van der Waals surface area contributed by atoms with Crippen molar-refractivity contribution in [2.75, 3.05) is 11.1 Å². The van der Waals surface area contributed by atoms with Crippen LogP contribution >= 0.6 is 34.7 Å². The number of carbonyl (C=O) groups excluding carboxylic acids is 1. The van der Waals surface area contributed by atoms with Gasteiger partial charge in [-0.1, -0.05) is 59.8 Å². The van der Waals surface area contributed by atoms with E-state index in [4.69, 9.17) is 16.0 Å². The summed E-state index contributed by atoms with van der Waals surface area (Å²) in [6, 6.07) is 15.5. The van der Waals surface area contributed by atoms with Crippen LogP contribution in [0.3, 0.4) is 0 Å². The SMILES string of the molecule is Cc1ccccc1NC(=O)CSc1nnc(-c2sc3ccccc3c2Cl)o1. The maximum Gasteiger partial charge on any atom is 0.277 e. The number of halogens is 1. The number of aryl methyl sites for hydroxylation is 1. The summed E-state index contributed by atoms with van der Waals surface area (Å²) < 4.78 is 6.75. The number of nitrogens with one attached hydrogen (secondary N) is 1. The van der Waals surface area contributed by atoms with Crippen LogP contribution in [0.25, 0.3) is 20.9 Å². The van der Waals surface area contributed by atoms with Gasteiger partial charge in [-0.05, 0) is 24.6 Å². The summed E-state index contributed by atoms with van der Waals surface area (Å²) in [6.07, 6.45) is 0. The van der Waals surface area contributed by atoms with Crippen LogP contribution in [0, 0.1) is 6.92 Å². The Bertz CT molecular complexity index is 1120. The summed E-state index contributed by atoms with van der Waals surface area (Å²) in [5.74, 6) is 0.410. The highest BCUT2D eigenvalue weighted by Gasteiger charge is 2.18. The minimum Gasteiger partial charge on any atom is -0.410 e. The topological polar surface area (TPSA) is 68.0 Å². The molecule has 8 heteroatoms. The second kappa shape index (κ2) is 7.72. The average Bonchev–Trinajstić information content (AvgIpc) is 3.27. The lowest BCUT2D eigenvalue weighted by molar-refractivity contribution is -0.113. The van der Waals surface area contributed by atoms with Gasteiger partial charge in [-0.2, -0.15) is 0 Å². The average molecular weight is 416 g/mol. The van der Waals surface area contributed by atoms with Crippen molar-refractivity contribution >= 4 is 56.4 Å². The van der Waals surface area contributed by atoms with Crippen LogP contribution in [0.15, 0.2) is 58.2 Å². The van der Waals surface area contributed by atoms with E-state index in [0.717, 1.165) is 26.2 Å². The van der Waals surface area contributed by atoms with Crippen molar-refractivity contribution in [2.45, 2.75) is 12.1 Å². The molecule has 2 aromatic heterocycles. The third-order valence-electron chi connectivity index (χ3n) is 3.88. The first kappa shape index (κ1) is 18.0. The van der Waals surface area contributed by atoms with Crippen LogP contribution in [0.5, 0.6) is 0 Å². The van der Waals surface area contributed by atoms with Crippen molar-refractivity contribution in [3.05, 3.63) is 59.1 Å². The third-order valence-corrected chi connectivity index (χ3v) is 6.36. The van der Waals surface area contributed by atoms with Crippen molar-refractivity contribution in [1.29, 1.82) is 0 Å². The molecule has 4 rings (SSSR count). The van der Waals surface area contributed by atoms with Gasteiger partial charge in [0.15, 0.2) is 0 Å². The van der Waals surface area contributed by atoms with Crippen molar-refractivity contribution in [2.24, 2.45) is 0 Å². The van der Waals surface area contributed by atoms with E-state index in [1.165, 1.54) is 23.1 Å². The van der Waals surface area contributed by atoms with E-state index < -0.39 is 0 Å².